The second-order valence-corrected chi connectivity index (χ2v) is 3.92. The summed E-state index contributed by atoms with van der Waals surface area (Å²) in [7, 11) is 3.91. The number of carboxylic acid groups (broad SMARTS) is 1. The molecule has 0 bridgehead atoms. The Morgan fingerprint density at radius 3 is 2.62 bits per heavy atom. The zero-order valence-electron chi connectivity index (χ0n) is 8.29. The molecule has 4 nitrogen and oxygen atoms in total. The fraction of sp³-hybridized carbons (Fsp3) is 0.889. The highest BCUT2D eigenvalue weighted by Crippen LogP contribution is 2.19. The monoisotopic (exact) mass is 186 g/mol. The van der Waals surface area contributed by atoms with Crippen LogP contribution in [-0.4, -0.2) is 48.7 Å². The van der Waals surface area contributed by atoms with Gasteiger partial charge in [0.05, 0.1) is 0 Å². The van der Waals surface area contributed by atoms with E-state index in [9.17, 15) is 4.79 Å². The van der Waals surface area contributed by atoms with Crippen molar-refractivity contribution in [3.63, 3.8) is 0 Å². The molecule has 0 aromatic heterocycles. The summed E-state index contributed by atoms with van der Waals surface area (Å²) in [5.41, 5.74) is 0. The Hall–Kier alpha value is -0.610. The van der Waals surface area contributed by atoms with Crippen molar-refractivity contribution in [3.8, 4) is 0 Å². The van der Waals surface area contributed by atoms with Crippen LogP contribution in [0.3, 0.4) is 0 Å². The lowest BCUT2D eigenvalue weighted by molar-refractivity contribution is -0.139. The number of rotatable bonds is 6. The van der Waals surface area contributed by atoms with Crippen molar-refractivity contribution in [1.29, 1.82) is 0 Å². The number of hydrogen-bond acceptors (Lipinski definition) is 3. The first-order valence-electron chi connectivity index (χ1n) is 4.73. The van der Waals surface area contributed by atoms with Crippen molar-refractivity contribution in [1.82, 2.24) is 10.2 Å². The van der Waals surface area contributed by atoms with E-state index in [1.807, 2.05) is 19.0 Å². The summed E-state index contributed by atoms with van der Waals surface area (Å²) >= 11 is 0. The van der Waals surface area contributed by atoms with Crippen molar-refractivity contribution in [2.24, 2.45) is 0 Å². The quantitative estimate of drug-likeness (QED) is 0.619. The summed E-state index contributed by atoms with van der Waals surface area (Å²) in [6.07, 6.45) is 2.94. The third kappa shape index (κ3) is 4.24. The molecule has 1 aliphatic rings. The lowest BCUT2D eigenvalue weighted by atomic mass is 10.2. The smallest absolute Gasteiger partial charge is 0.320 e. The predicted molar refractivity (Wildman–Crippen MR) is 50.8 cm³/mol. The van der Waals surface area contributed by atoms with Gasteiger partial charge in [-0.15, -0.1) is 0 Å². The Balaban J connectivity index is 2.24. The van der Waals surface area contributed by atoms with Crippen LogP contribution in [0.25, 0.3) is 0 Å². The number of nitrogens with one attached hydrogen (secondary N) is 1. The maximum Gasteiger partial charge on any atom is 0.320 e. The Morgan fingerprint density at radius 1 is 1.62 bits per heavy atom. The molecule has 0 heterocycles. The SMILES string of the molecule is CN(C)CCC(NC1CC1)C(=O)O. The molecular formula is C9H18N2O2. The Bertz CT molecular complexity index is 178. The molecule has 0 aromatic carbocycles. The summed E-state index contributed by atoms with van der Waals surface area (Å²) in [5.74, 6) is -0.728. The average Bonchev–Trinajstić information content (AvgIpc) is 2.80. The first-order valence-corrected chi connectivity index (χ1v) is 4.73. The molecule has 1 aliphatic carbocycles. The van der Waals surface area contributed by atoms with E-state index in [1.165, 1.54) is 0 Å². The zero-order chi connectivity index (χ0) is 9.84. The number of nitrogens with zero attached hydrogens (tertiary/aromatic N) is 1. The molecule has 0 saturated heterocycles. The molecule has 0 aromatic rings. The van der Waals surface area contributed by atoms with Crippen LogP contribution in [0.1, 0.15) is 19.3 Å². The van der Waals surface area contributed by atoms with E-state index in [-0.39, 0.29) is 6.04 Å². The van der Waals surface area contributed by atoms with Gasteiger partial charge in [-0.25, -0.2) is 0 Å². The van der Waals surface area contributed by atoms with Crippen molar-refractivity contribution < 1.29 is 9.90 Å². The Labute approximate surface area is 78.9 Å². The van der Waals surface area contributed by atoms with Gasteiger partial charge >= 0.3 is 5.97 Å². The van der Waals surface area contributed by atoms with E-state index in [0.29, 0.717) is 12.5 Å². The van der Waals surface area contributed by atoms with Crippen LogP contribution >= 0.6 is 0 Å². The van der Waals surface area contributed by atoms with Gasteiger partial charge in [-0.1, -0.05) is 0 Å². The third-order valence-electron chi connectivity index (χ3n) is 2.18. The summed E-state index contributed by atoms with van der Waals surface area (Å²) in [5, 5.41) is 12.0. The van der Waals surface area contributed by atoms with Crippen LogP contribution in [0.15, 0.2) is 0 Å². The van der Waals surface area contributed by atoms with Crippen LogP contribution in [-0.2, 0) is 4.79 Å². The third-order valence-corrected chi connectivity index (χ3v) is 2.18. The minimum atomic E-state index is -0.728. The highest BCUT2D eigenvalue weighted by Gasteiger charge is 2.27. The molecule has 1 atom stereocenters. The molecule has 2 N–H and O–H groups in total. The van der Waals surface area contributed by atoms with Gasteiger partial charge < -0.3 is 15.3 Å². The van der Waals surface area contributed by atoms with Gasteiger partial charge in [0.25, 0.3) is 0 Å². The van der Waals surface area contributed by atoms with Gasteiger partial charge in [0, 0.05) is 6.04 Å². The van der Waals surface area contributed by atoms with Crippen LogP contribution in [0.5, 0.6) is 0 Å². The molecule has 0 aliphatic heterocycles. The molecule has 1 saturated carbocycles. The number of carbonyl (C=O) groups is 1. The molecule has 1 fully saturated rings. The van der Waals surface area contributed by atoms with E-state index in [2.05, 4.69) is 5.32 Å². The van der Waals surface area contributed by atoms with E-state index in [4.69, 9.17) is 5.11 Å². The lowest BCUT2D eigenvalue weighted by Gasteiger charge is -2.16. The minimum Gasteiger partial charge on any atom is -0.480 e. The maximum absolute atomic E-state index is 10.8. The molecule has 1 unspecified atom stereocenters. The highest BCUT2D eigenvalue weighted by atomic mass is 16.4. The van der Waals surface area contributed by atoms with Crippen LogP contribution < -0.4 is 5.32 Å². The van der Waals surface area contributed by atoms with Crippen LogP contribution in [0.2, 0.25) is 0 Å². The fourth-order valence-corrected chi connectivity index (χ4v) is 1.20. The summed E-state index contributed by atoms with van der Waals surface area (Å²) in [6.45, 7) is 0.816. The van der Waals surface area contributed by atoms with Crippen LogP contribution in [0, 0.1) is 0 Å². The standard InChI is InChI=1S/C9H18N2O2/c1-11(2)6-5-8(9(12)13)10-7-3-4-7/h7-8,10H,3-6H2,1-2H3,(H,12,13). The second-order valence-electron chi connectivity index (χ2n) is 3.92. The molecule has 13 heavy (non-hydrogen) atoms. The summed E-state index contributed by atoms with van der Waals surface area (Å²) in [6, 6.07) is 0.0955. The molecule has 76 valence electrons. The Morgan fingerprint density at radius 2 is 2.23 bits per heavy atom. The highest BCUT2D eigenvalue weighted by molar-refractivity contribution is 5.73. The predicted octanol–water partition coefficient (Wildman–Crippen LogP) is 0.143. The minimum absolute atomic E-state index is 0.366. The van der Waals surface area contributed by atoms with Gasteiger partial charge in [0.2, 0.25) is 0 Å². The number of carboxylic acids is 1. The summed E-state index contributed by atoms with van der Waals surface area (Å²) in [4.78, 5) is 12.8. The molecule has 1 rings (SSSR count). The van der Waals surface area contributed by atoms with Crippen molar-refractivity contribution in [2.45, 2.75) is 31.3 Å². The van der Waals surface area contributed by atoms with Crippen LogP contribution in [0.4, 0.5) is 0 Å². The van der Waals surface area contributed by atoms with Gasteiger partial charge in [0.1, 0.15) is 6.04 Å². The summed E-state index contributed by atoms with van der Waals surface area (Å²) < 4.78 is 0. The number of hydrogen-bond donors (Lipinski definition) is 2. The maximum atomic E-state index is 10.8. The number of aliphatic carboxylic acids is 1. The fourth-order valence-electron chi connectivity index (χ4n) is 1.20. The van der Waals surface area contributed by atoms with Crippen molar-refractivity contribution in [3.05, 3.63) is 0 Å². The first kappa shape index (κ1) is 10.5. The largest absolute Gasteiger partial charge is 0.480 e. The second kappa shape index (κ2) is 4.58. The van der Waals surface area contributed by atoms with E-state index < -0.39 is 5.97 Å². The van der Waals surface area contributed by atoms with Gasteiger partial charge in [-0.2, -0.15) is 0 Å². The van der Waals surface area contributed by atoms with Gasteiger partial charge in [0.15, 0.2) is 0 Å². The van der Waals surface area contributed by atoms with Crippen molar-refractivity contribution in [2.75, 3.05) is 20.6 Å². The van der Waals surface area contributed by atoms with E-state index >= 15 is 0 Å². The topological polar surface area (TPSA) is 52.6 Å². The molecule has 0 spiro atoms. The first-order chi connectivity index (χ1) is 6.09. The van der Waals surface area contributed by atoms with E-state index in [0.717, 1.165) is 19.4 Å². The van der Waals surface area contributed by atoms with Crippen molar-refractivity contribution >= 4 is 5.97 Å². The van der Waals surface area contributed by atoms with Gasteiger partial charge in [-0.3, -0.25) is 4.79 Å². The lowest BCUT2D eigenvalue weighted by Crippen LogP contribution is -2.40. The molecule has 0 radical (unpaired) electrons. The van der Waals surface area contributed by atoms with Gasteiger partial charge in [-0.05, 0) is 39.9 Å². The molecule has 0 amide bonds. The zero-order valence-corrected chi connectivity index (χ0v) is 8.29. The van der Waals surface area contributed by atoms with E-state index in [1.54, 1.807) is 0 Å². The Kier molecular flexibility index (Phi) is 3.69. The normalized spacial score (nSPS) is 19.0. The molecular weight excluding hydrogens is 168 g/mol. The molecule has 4 heteroatoms. The average molecular weight is 186 g/mol.